The van der Waals surface area contributed by atoms with Crippen LogP contribution in [-0.4, -0.2) is 36.5 Å². The summed E-state index contributed by atoms with van der Waals surface area (Å²) in [5.41, 5.74) is 10.0. The Morgan fingerprint density at radius 1 is 0.314 bits per heavy atom. The summed E-state index contributed by atoms with van der Waals surface area (Å²) in [4.78, 5) is 0. The van der Waals surface area contributed by atoms with Crippen molar-refractivity contribution in [2.75, 3.05) is 0 Å². The Kier molecular flexibility index (Phi) is 6.86. The first-order valence-electron chi connectivity index (χ1n) is 13.8. The van der Waals surface area contributed by atoms with Crippen molar-refractivity contribution in [3.05, 3.63) is 64.6 Å². The zero-order valence-corrected chi connectivity index (χ0v) is 31.5. The molecule has 3 rings (SSSR count). The van der Waals surface area contributed by atoms with Gasteiger partial charge in [0.25, 0.3) is 0 Å². The summed E-state index contributed by atoms with van der Waals surface area (Å²) in [5, 5.41) is 11.4. The van der Waals surface area contributed by atoms with Gasteiger partial charge in [-0.15, -0.1) is 0 Å². The van der Waals surface area contributed by atoms with Gasteiger partial charge in [0.2, 0.25) is 0 Å². The molecule has 35 heavy (non-hydrogen) atoms. The first-order chi connectivity index (χ1) is 15.7. The van der Waals surface area contributed by atoms with E-state index in [4.69, 9.17) is 0 Å². The van der Waals surface area contributed by atoms with E-state index in [-0.39, 0.29) is 0 Å². The van der Waals surface area contributed by atoms with Gasteiger partial charge in [0.15, 0.2) is 0 Å². The average Bonchev–Trinajstić information content (AvgIpc) is 3.11. The molecular weight excluding hydrogens is 501 g/mol. The SMILES string of the molecule is CC1=C(C)[Si]([Si](C)(C)C)([Si]2([Si]3([Si](C)(C)C)C(C)=C(C)C(C)=C3C)C(C)=C(C)C(C)=C2C)C(C)=C1C. The van der Waals surface area contributed by atoms with Crippen molar-refractivity contribution in [3.63, 3.8) is 0 Å². The first-order valence-corrected chi connectivity index (χ1v) is 30.8. The summed E-state index contributed by atoms with van der Waals surface area (Å²) in [6, 6.07) is 0. The minimum atomic E-state index is -2.16. The molecule has 0 aromatic heterocycles. The van der Waals surface area contributed by atoms with E-state index in [9.17, 15) is 0 Å². The van der Waals surface area contributed by atoms with Crippen LogP contribution in [0.3, 0.4) is 0 Å². The molecule has 0 saturated carbocycles. The fourth-order valence-corrected chi connectivity index (χ4v) is 143. The third-order valence-corrected chi connectivity index (χ3v) is 92.8. The van der Waals surface area contributed by atoms with Gasteiger partial charge in [-0.2, -0.15) is 0 Å². The van der Waals surface area contributed by atoms with Crippen molar-refractivity contribution < 1.29 is 0 Å². The molecule has 3 aliphatic heterocycles. The molecule has 0 unspecified atom stereocenters. The van der Waals surface area contributed by atoms with Gasteiger partial charge in [-0.05, 0) is 83.1 Å². The van der Waals surface area contributed by atoms with E-state index in [0.717, 1.165) is 0 Å². The number of hydrogen-bond acceptors (Lipinski definition) is 0. The third-order valence-electron chi connectivity index (χ3n) is 11.8. The zero-order valence-electron chi connectivity index (χ0n) is 26.5. The topological polar surface area (TPSA) is 0 Å². The maximum absolute atomic E-state index is 2.79. The zero-order chi connectivity index (χ0) is 27.4. The Balaban J connectivity index is 2.89. The Hall–Kier alpha value is -0.476. The lowest BCUT2D eigenvalue weighted by Crippen LogP contribution is -2.91. The van der Waals surface area contributed by atoms with Gasteiger partial charge in [0, 0.05) is 15.2 Å². The van der Waals surface area contributed by atoms with Crippen LogP contribution in [-0.2, 0) is 0 Å². The fraction of sp³-hybridized carbons (Fsp3) is 0.600. The second kappa shape index (κ2) is 8.26. The van der Waals surface area contributed by atoms with Gasteiger partial charge in [-0.1, -0.05) is 104 Å². The van der Waals surface area contributed by atoms with Crippen LogP contribution < -0.4 is 0 Å². The van der Waals surface area contributed by atoms with Crippen molar-refractivity contribution in [1.82, 2.24) is 0 Å². The molecule has 0 aromatic rings. The molecule has 194 valence electrons. The standard InChI is InChI=1S/C30H54Si5/c1-19-20(2)26(8)33(25(19)7,31(13,14)15)35(29(11)23(5)24(6)30(35)12)34(32(16,17)18)27(9)21(3)22(4)28(34)10/h1-18H3. The highest BCUT2D eigenvalue weighted by Gasteiger charge is 2.79. The van der Waals surface area contributed by atoms with Crippen LogP contribution >= 0.6 is 0 Å². The molecule has 0 amide bonds. The van der Waals surface area contributed by atoms with Crippen molar-refractivity contribution in [1.29, 1.82) is 0 Å². The van der Waals surface area contributed by atoms with Crippen molar-refractivity contribution in [2.24, 2.45) is 0 Å². The van der Waals surface area contributed by atoms with E-state index in [1.807, 2.05) is 31.2 Å². The van der Waals surface area contributed by atoms with Crippen LogP contribution in [0.1, 0.15) is 83.1 Å². The molecule has 0 spiro atoms. The summed E-state index contributed by atoms with van der Waals surface area (Å²) in [5.74, 6) is 0. The van der Waals surface area contributed by atoms with Gasteiger partial charge < -0.3 is 0 Å². The second-order valence-electron chi connectivity index (χ2n) is 14.2. The van der Waals surface area contributed by atoms with Crippen LogP contribution in [0.25, 0.3) is 0 Å². The summed E-state index contributed by atoms with van der Waals surface area (Å²) in [6.45, 7) is 47.5. The predicted molar refractivity (Wildman–Crippen MR) is 174 cm³/mol. The molecule has 0 atom stereocenters. The van der Waals surface area contributed by atoms with Crippen LogP contribution in [0.5, 0.6) is 0 Å². The smallest absolute Gasteiger partial charge is 0.0802 e. The third kappa shape index (κ3) is 2.88. The molecule has 0 aliphatic carbocycles. The maximum atomic E-state index is 2.79. The maximum Gasteiger partial charge on any atom is 0.109 e. The largest absolute Gasteiger partial charge is 0.109 e. The van der Waals surface area contributed by atoms with E-state index in [1.165, 1.54) is 0 Å². The summed E-state index contributed by atoms with van der Waals surface area (Å²) in [6.07, 6.45) is 0. The molecule has 0 nitrogen and oxygen atoms in total. The Bertz CT molecular complexity index is 1070. The van der Waals surface area contributed by atoms with E-state index < -0.39 is 36.5 Å². The lowest BCUT2D eigenvalue weighted by atomic mass is 10.1. The van der Waals surface area contributed by atoms with Gasteiger partial charge >= 0.3 is 0 Å². The van der Waals surface area contributed by atoms with Gasteiger partial charge in [0.1, 0.15) is 21.3 Å². The van der Waals surface area contributed by atoms with Crippen molar-refractivity contribution in [2.45, 2.75) is 122 Å². The first kappa shape index (κ1) is 29.1. The molecule has 0 bridgehead atoms. The molecular formula is C30H54Si5. The number of hydrogen-bond donors (Lipinski definition) is 0. The predicted octanol–water partition coefficient (Wildman–Crippen LogP) is 9.62. The van der Waals surface area contributed by atoms with Gasteiger partial charge in [0.05, 0.1) is 0 Å². The fourth-order valence-electron chi connectivity index (χ4n) is 10.1. The highest BCUT2D eigenvalue weighted by molar-refractivity contribution is 7.99. The van der Waals surface area contributed by atoms with E-state index >= 15 is 0 Å². The summed E-state index contributed by atoms with van der Waals surface area (Å²) < 4.78 is 0. The quantitative estimate of drug-likeness (QED) is 0.303. The lowest BCUT2D eigenvalue weighted by molar-refractivity contribution is 1.31. The molecule has 0 aromatic carbocycles. The number of rotatable bonds is 4. The van der Waals surface area contributed by atoms with Crippen LogP contribution in [0.4, 0.5) is 0 Å². The van der Waals surface area contributed by atoms with Crippen molar-refractivity contribution >= 4 is 36.5 Å². The van der Waals surface area contributed by atoms with Crippen LogP contribution in [0, 0.1) is 0 Å². The average molecular weight is 555 g/mol. The molecule has 3 heterocycles. The molecule has 0 N–H and O–H groups in total. The van der Waals surface area contributed by atoms with E-state index in [2.05, 4.69) is 122 Å². The second-order valence-corrected chi connectivity index (χ2v) is 59.2. The highest BCUT2D eigenvalue weighted by Crippen LogP contribution is 2.64. The molecule has 0 fully saturated rings. The minimum Gasteiger partial charge on any atom is -0.0802 e. The number of allylic oxidation sites excluding steroid dienone is 12. The molecule has 5 heteroatoms. The summed E-state index contributed by atoms with van der Waals surface area (Å²) in [7, 11) is -9.50. The van der Waals surface area contributed by atoms with E-state index in [1.54, 1.807) is 33.4 Å². The van der Waals surface area contributed by atoms with Gasteiger partial charge in [-0.25, -0.2) is 0 Å². The molecule has 0 saturated heterocycles. The molecule has 3 aliphatic rings. The highest BCUT2D eigenvalue weighted by atomic mass is 29.9. The van der Waals surface area contributed by atoms with E-state index in [0.29, 0.717) is 0 Å². The normalized spacial score (nSPS) is 24.9. The summed E-state index contributed by atoms with van der Waals surface area (Å²) >= 11 is 0. The van der Waals surface area contributed by atoms with Crippen LogP contribution in [0.15, 0.2) is 64.6 Å². The monoisotopic (exact) mass is 554 g/mol. The minimum absolute atomic E-state index is 1.63. The van der Waals surface area contributed by atoms with Gasteiger partial charge in [-0.3, -0.25) is 0 Å². The van der Waals surface area contributed by atoms with Crippen molar-refractivity contribution in [3.8, 4) is 0 Å². The Labute approximate surface area is 222 Å². The van der Waals surface area contributed by atoms with Crippen LogP contribution in [0.2, 0.25) is 39.3 Å². The lowest BCUT2D eigenvalue weighted by Gasteiger charge is -2.65. The Morgan fingerprint density at radius 3 is 0.657 bits per heavy atom. The molecule has 0 radical (unpaired) electrons. The Morgan fingerprint density at radius 2 is 0.486 bits per heavy atom.